The Balaban J connectivity index is 1.55. The first-order chi connectivity index (χ1) is 13.0. The quantitative estimate of drug-likeness (QED) is 0.678. The number of hydrogen-bond acceptors (Lipinski definition) is 5. The van der Waals surface area contributed by atoms with Gasteiger partial charge in [0.2, 0.25) is 0 Å². The number of hydrogen-bond donors (Lipinski definition) is 2. The molecule has 0 radical (unpaired) electrons. The van der Waals surface area contributed by atoms with Gasteiger partial charge in [-0.05, 0) is 49.9 Å². The highest BCUT2D eigenvalue weighted by atomic mass is 16.4. The SMILES string of the molecule is Cc1cc2oc(=O)cc(C)c2cc1NC(=O)N1CCC[C@@H](c2ncn[nH]2)C1. The van der Waals surface area contributed by atoms with E-state index in [1.165, 1.54) is 12.4 Å². The summed E-state index contributed by atoms with van der Waals surface area (Å²) in [4.78, 5) is 30.4. The van der Waals surface area contributed by atoms with Crippen molar-refractivity contribution in [2.24, 2.45) is 0 Å². The number of likely N-dealkylation sites (tertiary alicyclic amines) is 1. The van der Waals surface area contributed by atoms with Crippen molar-refractivity contribution in [3.8, 4) is 0 Å². The van der Waals surface area contributed by atoms with E-state index < -0.39 is 0 Å². The van der Waals surface area contributed by atoms with Crippen molar-refractivity contribution in [1.82, 2.24) is 20.1 Å². The van der Waals surface area contributed by atoms with Crippen LogP contribution in [0.15, 0.2) is 33.7 Å². The van der Waals surface area contributed by atoms with E-state index in [-0.39, 0.29) is 17.6 Å². The van der Waals surface area contributed by atoms with Gasteiger partial charge < -0.3 is 14.6 Å². The highest BCUT2D eigenvalue weighted by molar-refractivity contribution is 5.94. The number of H-pyrrole nitrogens is 1. The van der Waals surface area contributed by atoms with Crippen LogP contribution in [-0.2, 0) is 0 Å². The molecule has 0 bridgehead atoms. The molecule has 0 unspecified atom stereocenters. The zero-order valence-corrected chi connectivity index (χ0v) is 15.3. The Morgan fingerprint density at radius 2 is 2.15 bits per heavy atom. The summed E-state index contributed by atoms with van der Waals surface area (Å²) in [6.07, 6.45) is 3.39. The van der Waals surface area contributed by atoms with Crippen LogP contribution in [0.25, 0.3) is 11.0 Å². The van der Waals surface area contributed by atoms with Crippen molar-refractivity contribution in [1.29, 1.82) is 0 Å². The van der Waals surface area contributed by atoms with Crippen LogP contribution in [0.2, 0.25) is 0 Å². The molecule has 0 saturated carbocycles. The number of piperidine rings is 1. The van der Waals surface area contributed by atoms with E-state index in [2.05, 4.69) is 20.5 Å². The maximum absolute atomic E-state index is 12.8. The largest absolute Gasteiger partial charge is 0.423 e. The number of fused-ring (bicyclic) bond motifs is 1. The minimum Gasteiger partial charge on any atom is -0.423 e. The Morgan fingerprint density at radius 1 is 1.30 bits per heavy atom. The number of carbonyl (C=O) groups is 1. The van der Waals surface area contributed by atoms with Gasteiger partial charge in [-0.25, -0.2) is 14.6 Å². The number of amides is 2. The summed E-state index contributed by atoms with van der Waals surface area (Å²) in [6, 6.07) is 4.96. The predicted molar refractivity (Wildman–Crippen MR) is 101 cm³/mol. The van der Waals surface area contributed by atoms with Crippen LogP contribution >= 0.6 is 0 Å². The highest BCUT2D eigenvalue weighted by Crippen LogP contribution is 2.27. The zero-order chi connectivity index (χ0) is 19.0. The molecule has 0 aliphatic carbocycles. The molecule has 2 aromatic heterocycles. The third-order valence-electron chi connectivity index (χ3n) is 5.07. The normalized spacial score (nSPS) is 17.3. The Labute approximate surface area is 155 Å². The fraction of sp³-hybridized carbons (Fsp3) is 0.368. The van der Waals surface area contributed by atoms with Crippen LogP contribution in [0.5, 0.6) is 0 Å². The van der Waals surface area contributed by atoms with Gasteiger partial charge in [0.25, 0.3) is 0 Å². The standard InChI is InChI=1S/C19H21N5O3/c1-11-7-17(25)27-16-6-12(2)15(8-14(11)16)22-19(26)24-5-3-4-13(9-24)18-20-10-21-23-18/h6-8,10,13H,3-5,9H2,1-2H3,(H,22,26)(H,20,21,23)/t13-/m1/s1. The average Bonchev–Trinajstić information content (AvgIpc) is 3.17. The summed E-state index contributed by atoms with van der Waals surface area (Å²) in [6.45, 7) is 5.04. The molecule has 140 valence electrons. The van der Waals surface area contributed by atoms with Gasteiger partial charge >= 0.3 is 11.7 Å². The third-order valence-corrected chi connectivity index (χ3v) is 5.07. The van der Waals surface area contributed by atoms with Crippen LogP contribution in [0.4, 0.5) is 10.5 Å². The first-order valence-electron chi connectivity index (χ1n) is 8.97. The predicted octanol–water partition coefficient (Wildman–Crippen LogP) is 2.94. The van der Waals surface area contributed by atoms with Gasteiger partial charge in [0.15, 0.2) is 0 Å². The number of anilines is 1. The lowest BCUT2D eigenvalue weighted by atomic mass is 9.98. The fourth-order valence-electron chi connectivity index (χ4n) is 3.59. The smallest absolute Gasteiger partial charge is 0.336 e. The third kappa shape index (κ3) is 3.42. The molecule has 2 N–H and O–H groups in total. The van der Waals surface area contributed by atoms with Gasteiger partial charge in [-0.15, -0.1) is 0 Å². The molecule has 8 heteroatoms. The second-order valence-corrected chi connectivity index (χ2v) is 7.00. The van der Waals surface area contributed by atoms with Crippen molar-refractivity contribution in [3.05, 3.63) is 51.9 Å². The Hall–Kier alpha value is -3.16. The van der Waals surface area contributed by atoms with E-state index in [0.29, 0.717) is 24.4 Å². The molecule has 1 atom stereocenters. The molecule has 1 aliphatic rings. The van der Waals surface area contributed by atoms with Crippen LogP contribution in [0, 0.1) is 13.8 Å². The first-order valence-corrected chi connectivity index (χ1v) is 8.97. The van der Waals surface area contributed by atoms with E-state index in [0.717, 1.165) is 35.2 Å². The maximum atomic E-state index is 12.8. The topological polar surface area (TPSA) is 104 Å². The molecule has 3 aromatic rings. The first kappa shape index (κ1) is 17.3. The minimum absolute atomic E-state index is 0.142. The number of aryl methyl sites for hydroxylation is 2. The van der Waals surface area contributed by atoms with Crippen molar-refractivity contribution >= 4 is 22.7 Å². The number of nitrogens with zero attached hydrogens (tertiary/aromatic N) is 3. The lowest BCUT2D eigenvalue weighted by Gasteiger charge is -2.31. The van der Waals surface area contributed by atoms with E-state index in [1.54, 1.807) is 11.0 Å². The Kier molecular flexibility index (Phi) is 4.39. The zero-order valence-electron chi connectivity index (χ0n) is 15.3. The molecule has 1 aliphatic heterocycles. The number of rotatable bonds is 2. The Bertz CT molecular complexity index is 1040. The molecule has 8 nitrogen and oxygen atoms in total. The van der Waals surface area contributed by atoms with E-state index in [9.17, 15) is 9.59 Å². The van der Waals surface area contributed by atoms with Crippen molar-refractivity contribution in [3.63, 3.8) is 0 Å². The molecule has 4 rings (SSSR count). The van der Waals surface area contributed by atoms with E-state index in [1.807, 2.05) is 19.9 Å². The highest BCUT2D eigenvalue weighted by Gasteiger charge is 2.26. The van der Waals surface area contributed by atoms with Gasteiger partial charge in [-0.1, -0.05) is 0 Å². The number of aromatic amines is 1. The summed E-state index contributed by atoms with van der Waals surface area (Å²) >= 11 is 0. The maximum Gasteiger partial charge on any atom is 0.336 e. The molecular weight excluding hydrogens is 346 g/mol. The number of aromatic nitrogens is 3. The van der Waals surface area contributed by atoms with Gasteiger partial charge in [0.1, 0.15) is 17.7 Å². The fourth-order valence-corrected chi connectivity index (χ4v) is 3.59. The summed E-state index contributed by atoms with van der Waals surface area (Å²) in [5.74, 6) is 0.987. The second-order valence-electron chi connectivity index (χ2n) is 7.00. The lowest BCUT2D eigenvalue weighted by molar-refractivity contribution is 0.191. The van der Waals surface area contributed by atoms with Gasteiger partial charge in [-0.2, -0.15) is 5.10 Å². The molecular formula is C19H21N5O3. The number of urea groups is 1. The van der Waals surface area contributed by atoms with E-state index >= 15 is 0 Å². The molecule has 3 heterocycles. The van der Waals surface area contributed by atoms with Crippen LogP contribution in [0.3, 0.4) is 0 Å². The summed E-state index contributed by atoms with van der Waals surface area (Å²) in [5, 5.41) is 10.6. The van der Waals surface area contributed by atoms with Gasteiger partial charge in [0.05, 0.1) is 0 Å². The molecule has 0 spiro atoms. The summed E-state index contributed by atoms with van der Waals surface area (Å²) < 4.78 is 5.26. The van der Waals surface area contributed by atoms with Crippen molar-refractivity contribution in [2.75, 3.05) is 18.4 Å². The van der Waals surface area contributed by atoms with Gasteiger partial charge in [-0.3, -0.25) is 5.10 Å². The molecule has 1 saturated heterocycles. The number of nitrogens with one attached hydrogen (secondary N) is 2. The molecule has 2 amide bonds. The number of carbonyl (C=O) groups excluding carboxylic acids is 1. The monoisotopic (exact) mass is 367 g/mol. The lowest BCUT2D eigenvalue weighted by Crippen LogP contribution is -2.42. The van der Waals surface area contributed by atoms with Gasteiger partial charge in [0, 0.05) is 36.1 Å². The van der Waals surface area contributed by atoms with Crippen molar-refractivity contribution in [2.45, 2.75) is 32.6 Å². The summed E-state index contributed by atoms with van der Waals surface area (Å²) in [7, 11) is 0. The minimum atomic E-state index is -0.372. The number of benzene rings is 1. The Morgan fingerprint density at radius 3 is 2.93 bits per heavy atom. The molecule has 27 heavy (non-hydrogen) atoms. The second kappa shape index (κ2) is 6.86. The van der Waals surface area contributed by atoms with Crippen LogP contribution in [-0.4, -0.2) is 39.2 Å². The van der Waals surface area contributed by atoms with Crippen molar-refractivity contribution < 1.29 is 9.21 Å². The molecule has 1 aromatic carbocycles. The van der Waals surface area contributed by atoms with E-state index in [4.69, 9.17) is 4.42 Å². The summed E-state index contributed by atoms with van der Waals surface area (Å²) in [5.41, 5.74) is 2.53. The van der Waals surface area contributed by atoms with Crippen LogP contribution < -0.4 is 10.9 Å². The molecule has 1 fully saturated rings. The van der Waals surface area contributed by atoms with Crippen LogP contribution in [0.1, 0.15) is 35.7 Å². The average molecular weight is 367 g/mol.